The van der Waals surface area contributed by atoms with Gasteiger partial charge < -0.3 is 9.73 Å². The molecule has 1 amide bonds. The van der Waals surface area contributed by atoms with E-state index in [9.17, 15) is 9.18 Å². The number of hydrogen-bond acceptors (Lipinski definition) is 4. The highest BCUT2D eigenvalue weighted by atomic mass is 19.1. The maximum absolute atomic E-state index is 13.2. The van der Waals surface area contributed by atoms with Gasteiger partial charge in [-0.1, -0.05) is 0 Å². The summed E-state index contributed by atoms with van der Waals surface area (Å²) in [6.45, 7) is 0. The molecule has 0 saturated heterocycles. The Balaban J connectivity index is 1.93. The van der Waals surface area contributed by atoms with Gasteiger partial charge in [0.05, 0.1) is 18.2 Å². The van der Waals surface area contributed by atoms with E-state index in [0.717, 1.165) is 0 Å². The molecule has 0 atom stereocenters. The fourth-order valence-electron chi connectivity index (χ4n) is 1.73. The summed E-state index contributed by atoms with van der Waals surface area (Å²) in [6, 6.07) is 7.41. The number of carbonyl (C=O) groups excluding carboxylic acids is 1. The summed E-state index contributed by atoms with van der Waals surface area (Å²) in [5.74, 6) is -0.322. The lowest BCUT2D eigenvalue weighted by Gasteiger charge is -1.95. The molecule has 19 heavy (non-hydrogen) atoms. The van der Waals surface area contributed by atoms with Gasteiger partial charge >= 0.3 is 0 Å². The van der Waals surface area contributed by atoms with E-state index in [1.54, 1.807) is 12.1 Å². The Morgan fingerprint density at radius 2 is 2.21 bits per heavy atom. The Bertz CT molecular complexity index is 690. The zero-order valence-corrected chi connectivity index (χ0v) is 9.63. The molecule has 1 aromatic heterocycles. The first kappa shape index (κ1) is 11.3. The summed E-state index contributed by atoms with van der Waals surface area (Å²) in [4.78, 5) is 11.7. The van der Waals surface area contributed by atoms with Crippen LogP contribution in [0, 0.1) is 5.82 Å². The summed E-state index contributed by atoms with van der Waals surface area (Å²) in [5.41, 5.74) is 1.01. The minimum Gasteiger partial charge on any atom is -0.463 e. The smallest absolute Gasteiger partial charge is 0.276 e. The van der Waals surface area contributed by atoms with Crippen LogP contribution >= 0.6 is 0 Å². The number of benzene rings is 1. The van der Waals surface area contributed by atoms with Crippen molar-refractivity contribution in [3.8, 4) is 0 Å². The molecule has 94 valence electrons. The second-order valence-electron chi connectivity index (χ2n) is 3.85. The van der Waals surface area contributed by atoms with E-state index in [1.807, 2.05) is 0 Å². The Morgan fingerprint density at radius 3 is 3.00 bits per heavy atom. The first-order valence-electron chi connectivity index (χ1n) is 5.50. The maximum atomic E-state index is 13.2. The Morgan fingerprint density at radius 1 is 1.32 bits per heavy atom. The number of anilines is 1. The van der Waals surface area contributed by atoms with Crippen molar-refractivity contribution in [3.63, 3.8) is 0 Å². The summed E-state index contributed by atoms with van der Waals surface area (Å²) in [6.07, 6.45) is 2.87. The maximum Gasteiger partial charge on any atom is 0.276 e. The molecule has 0 aliphatic carbocycles. The van der Waals surface area contributed by atoms with Gasteiger partial charge in [0.1, 0.15) is 11.6 Å². The quantitative estimate of drug-likeness (QED) is 0.662. The van der Waals surface area contributed by atoms with Crippen LogP contribution in [0.2, 0.25) is 0 Å². The Kier molecular flexibility index (Phi) is 2.68. The number of rotatable bonds is 2. The molecule has 5 nitrogen and oxygen atoms in total. The van der Waals surface area contributed by atoms with Crippen molar-refractivity contribution < 1.29 is 13.6 Å². The largest absolute Gasteiger partial charge is 0.463 e. The molecule has 0 spiro atoms. The van der Waals surface area contributed by atoms with Crippen molar-refractivity contribution in [2.45, 2.75) is 0 Å². The molecule has 0 radical (unpaired) electrons. The number of amides is 1. The van der Waals surface area contributed by atoms with Crippen LogP contribution in [0.3, 0.4) is 0 Å². The molecule has 1 aliphatic rings. The lowest BCUT2D eigenvalue weighted by atomic mass is 10.1. The highest BCUT2D eigenvalue weighted by Gasteiger charge is 2.26. The minimum absolute atomic E-state index is 0.0808. The van der Waals surface area contributed by atoms with Crippen LogP contribution in [0.5, 0.6) is 0 Å². The van der Waals surface area contributed by atoms with Crippen molar-refractivity contribution in [2.75, 3.05) is 5.32 Å². The average Bonchev–Trinajstić information content (AvgIpc) is 2.99. The van der Waals surface area contributed by atoms with Gasteiger partial charge in [-0.2, -0.15) is 5.10 Å². The van der Waals surface area contributed by atoms with Gasteiger partial charge in [-0.05, 0) is 30.3 Å². The van der Waals surface area contributed by atoms with Crippen molar-refractivity contribution in [2.24, 2.45) is 10.2 Å². The highest BCUT2D eigenvalue weighted by Crippen LogP contribution is 2.24. The zero-order chi connectivity index (χ0) is 13.2. The number of nitrogens with zero attached hydrogens (tertiary/aromatic N) is 2. The van der Waals surface area contributed by atoms with Gasteiger partial charge in [-0.15, -0.1) is 5.10 Å². The number of furan rings is 1. The van der Waals surface area contributed by atoms with Crippen molar-refractivity contribution in [3.05, 3.63) is 53.7 Å². The number of nitrogens with one attached hydrogen (secondary N) is 1. The van der Waals surface area contributed by atoms with Crippen LogP contribution in [-0.2, 0) is 4.79 Å². The molecule has 1 N–H and O–H groups in total. The Hall–Kier alpha value is -2.76. The van der Waals surface area contributed by atoms with Gasteiger partial charge in [0.25, 0.3) is 5.91 Å². The van der Waals surface area contributed by atoms with Gasteiger partial charge in [0.15, 0.2) is 5.71 Å². The molecule has 0 fully saturated rings. The third-order valence-corrected chi connectivity index (χ3v) is 2.59. The van der Waals surface area contributed by atoms with E-state index < -0.39 is 11.7 Å². The molecule has 0 bridgehead atoms. The lowest BCUT2D eigenvalue weighted by Crippen LogP contribution is -2.13. The van der Waals surface area contributed by atoms with Crippen molar-refractivity contribution in [1.29, 1.82) is 0 Å². The van der Waals surface area contributed by atoms with Crippen LogP contribution in [0.4, 0.5) is 10.1 Å². The zero-order valence-electron chi connectivity index (χ0n) is 9.63. The van der Waals surface area contributed by atoms with Crippen LogP contribution in [0.15, 0.2) is 51.2 Å². The second kappa shape index (κ2) is 4.49. The van der Waals surface area contributed by atoms with Crippen LogP contribution in [0.1, 0.15) is 11.3 Å². The van der Waals surface area contributed by atoms with Gasteiger partial charge in [-0.3, -0.25) is 4.79 Å². The highest BCUT2D eigenvalue weighted by molar-refractivity contribution is 6.53. The SMILES string of the molecule is O=C1Nc2ccc(F)cc2/C1=N/N=C/c1ccco1. The molecule has 0 unspecified atom stereocenters. The molecule has 2 heterocycles. The normalized spacial score (nSPS) is 16.1. The average molecular weight is 257 g/mol. The summed E-state index contributed by atoms with van der Waals surface area (Å²) < 4.78 is 18.2. The molecule has 0 saturated carbocycles. The fraction of sp³-hybridized carbons (Fsp3) is 0. The van der Waals surface area contributed by atoms with Crippen LogP contribution in [0.25, 0.3) is 0 Å². The first-order chi connectivity index (χ1) is 9.24. The monoisotopic (exact) mass is 257 g/mol. The standard InChI is InChI=1S/C13H8FN3O2/c14-8-3-4-11-10(6-8)12(13(18)16-11)17-15-7-9-2-1-5-19-9/h1-7H,(H,16,17,18)/b15-7+. The molecule has 6 heteroatoms. The molecule has 1 aromatic carbocycles. The van der Waals surface area contributed by atoms with Crippen LogP contribution in [-0.4, -0.2) is 17.8 Å². The van der Waals surface area contributed by atoms with Crippen molar-refractivity contribution >= 4 is 23.5 Å². The Labute approximate surface area is 107 Å². The van der Waals surface area contributed by atoms with Gasteiger partial charge in [0, 0.05) is 5.56 Å². The van der Waals surface area contributed by atoms with Crippen molar-refractivity contribution in [1.82, 2.24) is 0 Å². The molecule has 3 rings (SSSR count). The van der Waals surface area contributed by atoms with Crippen LogP contribution < -0.4 is 5.32 Å². The predicted octanol–water partition coefficient (Wildman–Crippen LogP) is 2.19. The molecular weight excluding hydrogens is 249 g/mol. The molecule has 2 aromatic rings. The third-order valence-electron chi connectivity index (χ3n) is 2.59. The number of fused-ring (bicyclic) bond motifs is 1. The van der Waals surface area contributed by atoms with E-state index in [-0.39, 0.29) is 5.71 Å². The lowest BCUT2D eigenvalue weighted by molar-refractivity contribution is -0.110. The third kappa shape index (κ3) is 2.15. The van der Waals surface area contributed by atoms with E-state index in [0.29, 0.717) is 17.0 Å². The topological polar surface area (TPSA) is 67.0 Å². The minimum atomic E-state index is -0.432. The van der Waals surface area contributed by atoms with E-state index >= 15 is 0 Å². The predicted molar refractivity (Wildman–Crippen MR) is 67.9 cm³/mol. The van der Waals surface area contributed by atoms with Gasteiger partial charge in [-0.25, -0.2) is 4.39 Å². The fourth-order valence-corrected chi connectivity index (χ4v) is 1.73. The van der Waals surface area contributed by atoms with Gasteiger partial charge in [0.2, 0.25) is 0 Å². The summed E-state index contributed by atoms with van der Waals surface area (Å²) in [7, 11) is 0. The summed E-state index contributed by atoms with van der Waals surface area (Å²) in [5, 5.41) is 10.2. The first-order valence-corrected chi connectivity index (χ1v) is 5.50. The number of halogens is 1. The number of hydrogen-bond donors (Lipinski definition) is 1. The van der Waals surface area contributed by atoms with E-state index in [2.05, 4.69) is 15.5 Å². The summed E-state index contributed by atoms with van der Waals surface area (Å²) >= 11 is 0. The second-order valence-corrected chi connectivity index (χ2v) is 3.85. The molecular formula is C13H8FN3O2. The van der Waals surface area contributed by atoms with E-state index in [1.165, 1.54) is 30.7 Å². The van der Waals surface area contributed by atoms with E-state index in [4.69, 9.17) is 4.42 Å². The number of carbonyl (C=O) groups is 1. The molecule has 1 aliphatic heterocycles.